The van der Waals surface area contributed by atoms with Gasteiger partial charge in [0.1, 0.15) is 42.9 Å². The zero-order valence-corrected chi connectivity index (χ0v) is 21.0. The molecule has 0 aliphatic heterocycles. The zero-order valence-electron chi connectivity index (χ0n) is 21.0. The standard InChI is InChI=1S/C27H29N7O3/c1-27(2,15-19-10-12-22(13-11-19)37-26-20(16-28)7-6-14-29-26)30-17-21(35)18-36-24-9-5-4-8-23(24)25-31-33-34(3)32-25/h4-14,21,30,35H,15,17-18H2,1-3H3/p+1/t21-/m0/s1. The third kappa shape index (κ3) is 7.10. The van der Waals surface area contributed by atoms with Crippen LogP contribution >= 0.6 is 0 Å². The number of aromatic amines is 1. The van der Waals surface area contributed by atoms with Gasteiger partial charge in [-0.3, -0.25) is 0 Å². The predicted octanol–water partition coefficient (Wildman–Crippen LogP) is 2.71. The van der Waals surface area contributed by atoms with Gasteiger partial charge in [-0.15, -0.1) is 0 Å². The Bertz CT molecular complexity index is 1360. The molecule has 0 radical (unpaired) electrons. The highest BCUT2D eigenvalue weighted by Crippen LogP contribution is 2.26. The first-order chi connectivity index (χ1) is 17.8. The Morgan fingerprint density at radius 1 is 1.14 bits per heavy atom. The summed E-state index contributed by atoms with van der Waals surface area (Å²) >= 11 is 0. The maximum absolute atomic E-state index is 10.6. The van der Waals surface area contributed by atoms with Gasteiger partial charge in [-0.25, -0.2) is 4.98 Å². The molecule has 0 saturated carbocycles. The number of H-pyrrole nitrogens is 1. The van der Waals surface area contributed by atoms with Crippen molar-refractivity contribution in [3.8, 4) is 34.8 Å². The van der Waals surface area contributed by atoms with E-state index in [1.54, 1.807) is 25.4 Å². The van der Waals surface area contributed by atoms with E-state index in [-0.39, 0.29) is 18.0 Å². The number of para-hydroxylation sites is 1. The maximum Gasteiger partial charge on any atom is 0.342 e. The summed E-state index contributed by atoms with van der Waals surface area (Å²) in [6, 6.07) is 20.6. The molecule has 0 aliphatic rings. The van der Waals surface area contributed by atoms with Crippen LogP contribution in [0.15, 0.2) is 66.9 Å². The van der Waals surface area contributed by atoms with E-state index in [2.05, 4.69) is 45.6 Å². The summed E-state index contributed by atoms with van der Waals surface area (Å²) in [5.41, 5.74) is 1.96. The number of nitrogens with zero attached hydrogens (tertiary/aromatic N) is 5. The third-order valence-corrected chi connectivity index (χ3v) is 5.60. The largest absolute Gasteiger partial charge is 0.490 e. The summed E-state index contributed by atoms with van der Waals surface area (Å²) < 4.78 is 11.7. The number of benzene rings is 2. The van der Waals surface area contributed by atoms with Crippen LogP contribution in [0.1, 0.15) is 25.0 Å². The van der Waals surface area contributed by atoms with Gasteiger partial charge in [-0.2, -0.15) is 5.26 Å². The number of nitrogens with one attached hydrogen (secondary N) is 2. The molecule has 1 atom stereocenters. The molecule has 10 nitrogen and oxygen atoms in total. The Morgan fingerprint density at radius 3 is 2.65 bits per heavy atom. The molecule has 0 amide bonds. The molecule has 0 unspecified atom stereocenters. The second kappa shape index (κ2) is 11.6. The topological polar surface area (TPSA) is 133 Å². The Kier molecular flexibility index (Phi) is 8.08. The van der Waals surface area contributed by atoms with Gasteiger partial charge in [0.25, 0.3) is 0 Å². The zero-order chi connectivity index (χ0) is 26.3. The number of hydrogen-bond donors (Lipinski definition) is 3. The number of aliphatic hydroxyl groups excluding tert-OH is 1. The van der Waals surface area contributed by atoms with Crippen molar-refractivity contribution < 1.29 is 19.4 Å². The van der Waals surface area contributed by atoms with E-state index >= 15 is 0 Å². The van der Waals surface area contributed by atoms with Gasteiger partial charge in [0.05, 0.1) is 10.7 Å². The van der Waals surface area contributed by atoms with E-state index in [0.717, 1.165) is 17.5 Å². The van der Waals surface area contributed by atoms with E-state index in [1.807, 2.05) is 48.5 Å². The van der Waals surface area contributed by atoms with Gasteiger partial charge in [0.2, 0.25) is 5.88 Å². The van der Waals surface area contributed by atoms with Crippen LogP contribution in [-0.2, 0) is 13.5 Å². The number of aromatic nitrogens is 5. The number of hydrogen-bond acceptors (Lipinski definition) is 8. The lowest BCUT2D eigenvalue weighted by Gasteiger charge is -2.28. The quantitative estimate of drug-likeness (QED) is 0.268. The maximum atomic E-state index is 10.6. The van der Waals surface area contributed by atoms with Gasteiger partial charge < -0.3 is 19.9 Å². The van der Waals surface area contributed by atoms with Gasteiger partial charge in [0, 0.05) is 18.3 Å². The molecule has 0 bridgehead atoms. The summed E-state index contributed by atoms with van der Waals surface area (Å²) in [5, 5.41) is 34.4. The van der Waals surface area contributed by atoms with Crippen molar-refractivity contribution >= 4 is 0 Å². The first-order valence-corrected chi connectivity index (χ1v) is 11.9. The highest BCUT2D eigenvalue weighted by atomic mass is 16.5. The summed E-state index contributed by atoms with van der Waals surface area (Å²) in [7, 11) is 1.76. The van der Waals surface area contributed by atoms with Crippen LogP contribution in [0.3, 0.4) is 0 Å². The molecule has 2 heterocycles. The van der Waals surface area contributed by atoms with Crippen molar-refractivity contribution in [1.29, 1.82) is 5.26 Å². The summed E-state index contributed by atoms with van der Waals surface area (Å²) in [6.45, 7) is 4.65. The van der Waals surface area contributed by atoms with E-state index in [4.69, 9.17) is 9.47 Å². The summed E-state index contributed by atoms with van der Waals surface area (Å²) in [6.07, 6.45) is 1.62. The van der Waals surface area contributed by atoms with Gasteiger partial charge in [-0.1, -0.05) is 29.1 Å². The lowest BCUT2D eigenvalue weighted by Crippen LogP contribution is -2.46. The van der Waals surface area contributed by atoms with Crippen molar-refractivity contribution in [2.45, 2.75) is 31.9 Å². The second-order valence-electron chi connectivity index (χ2n) is 9.28. The molecule has 2 aromatic heterocycles. The van der Waals surface area contributed by atoms with Gasteiger partial charge >= 0.3 is 5.82 Å². The molecule has 10 heteroatoms. The SMILES string of the molecule is C[n+]1nc(-c2ccccc2OC[C@@H](O)CNC(C)(C)Cc2ccc(Oc3ncccc3C#N)cc2)n[nH]1. The molecule has 0 aliphatic carbocycles. The molecule has 3 N–H and O–H groups in total. The Hall–Kier alpha value is -4.33. The molecule has 0 spiro atoms. The first-order valence-electron chi connectivity index (χ1n) is 11.9. The fourth-order valence-corrected chi connectivity index (χ4v) is 3.75. The minimum Gasteiger partial charge on any atom is -0.490 e. The number of ether oxygens (including phenoxy) is 2. The average Bonchev–Trinajstić information content (AvgIpc) is 3.34. The van der Waals surface area contributed by atoms with Crippen molar-refractivity contribution in [2.24, 2.45) is 7.05 Å². The molecule has 190 valence electrons. The molecule has 4 aromatic rings. The van der Waals surface area contributed by atoms with E-state index < -0.39 is 6.10 Å². The minimum atomic E-state index is -0.709. The van der Waals surface area contributed by atoms with Gasteiger partial charge in [0.15, 0.2) is 0 Å². The number of tetrazole rings is 1. The van der Waals surface area contributed by atoms with Crippen LogP contribution in [0.4, 0.5) is 0 Å². The molecule has 37 heavy (non-hydrogen) atoms. The van der Waals surface area contributed by atoms with E-state index in [9.17, 15) is 10.4 Å². The van der Waals surface area contributed by atoms with Gasteiger partial charge in [-0.05, 0) is 72.5 Å². The summed E-state index contributed by atoms with van der Waals surface area (Å²) in [4.78, 5) is 5.64. The van der Waals surface area contributed by atoms with E-state index in [1.165, 1.54) is 4.80 Å². The fraction of sp³-hybridized carbons (Fsp3) is 0.296. The van der Waals surface area contributed by atoms with Crippen molar-refractivity contribution in [3.63, 3.8) is 0 Å². The monoisotopic (exact) mass is 500 g/mol. The predicted molar refractivity (Wildman–Crippen MR) is 136 cm³/mol. The van der Waals surface area contributed by atoms with Crippen LogP contribution in [0.25, 0.3) is 11.4 Å². The second-order valence-corrected chi connectivity index (χ2v) is 9.28. The summed E-state index contributed by atoms with van der Waals surface area (Å²) in [5.74, 6) is 2.02. The van der Waals surface area contributed by atoms with Crippen LogP contribution in [0.5, 0.6) is 17.4 Å². The molecule has 0 saturated heterocycles. The third-order valence-electron chi connectivity index (χ3n) is 5.60. The normalized spacial score (nSPS) is 12.1. The molecule has 4 rings (SSSR count). The number of β-amino-alcohol motifs (C(OH)–C–C–N with tert-alkyl or cyclic N) is 1. The number of pyridine rings is 1. The lowest BCUT2D eigenvalue weighted by molar-refractivity contribution is -0.783. The number of aryl methyl sites for hydroxylation is 1. The van der Waals surface area contributed by atoms with Crippen LogP contribution in [0.2, 0.25) is 0 Å². The molecule has 0 fully saturated rings. The molecular weight excluding hydrogens is 470 g/mol. The number of nitriles is 1. The van der Waals surface area contributed by atoms with E-state index in [0.29, 0.717) is 29.4 Å². The fourth-order valence-electron chi connectivity index (χ4n) is 3.75. The first kappa shape index (κ1) is 25.8. The number of rotatable bonds is 11. The van der Waals surface area contributed by atoms with Crippen molar-refractivity contribution in [2.75, 3.05) is 13.2 Å². The Balaban J connectivity index is 1.27. The molecular formula is C27H30N7O3+. The smallest absolute Gasteiger partial charge is 0.342 e. The van der Waals surface area contributed by atoms with Crippen LogP contribution in [0, 0.1) is 11.3 Å². The highest BCUT2D eigenvalue weighted by Gasteiger charge is 2.21. The lowest BCUT2D eigenvalue weighted by atomic mass is 9.94. The van der Waals surface area contributed by atoms with Crippen LogP contribution < -0.4 is 19.6 Å². The Morgan fingerprint density at radius 2 is 1.92 bits per heavy atom. The highest BCUT2D eigenvalue weighted by molar-refractivity contribution is 5.62. The molecule has 2 aromatic carbocycles. The number of aliphatic hydroxyl groups is 1. The average molecular weight is 501 g/mol. The minimum absolute atomic E-state index is 0.126. The van der Waals surface area contributed by atoms with Crippen LogP contribution in [-0.4, -0.2) is 50.3 Å². The van der Waals surface area contributed by atoms with Crippen molar-refractivity contribution in [3.05, 3.63) is 78.0 Å². The van der Waals surface area contributed by atoms with Crippen molar-refractivity contribution in [1.82, 2.24) is 25.7 Å². The Labute approximate surface area is 215 Å².